The van der Waals surface area contributed by atoms with Gasteiger partial charge in [-0.3, -0.25) is 9.48 Å². The van der Waals surface area contributed by atoms with E-state index in [-0.39, 0.29) is 5.91 Å². The van der Waals surface area contributed by atoms with Crippen LogP contribution in [0.5, 0.6) is 0 Å². The smallest absolute Gasteiger partial charge is 0.263 e. The molecule has 19 heavy (non-hydrogen) atoms. The van der Waals surface area contributed by atoms with Crippen LogP contribution in [0.15, 0.2) is 18.5 Å². The van der Waals surface area contributed by atoms with E-state index in [1.54, 1.807) is 10.9 Å². The molecule has 1 amide bonds. The number of amides is 1. The van der Waals surface area contributed by atoms with E-state index in [0.717, 1.165) is 28.4 Å². The Morgan fingerprint density at radius 3 is 3.05 bits per heavy atom. The molecule has 1 N–H and O–H groups in total. The van der Waals surface area contributed by atoms with Gasteiger partial charge in [0, 0.05) is 18.9 Å². The van der Waals surface area contributed by atoms with Crippen molar-refractivity contribution in [2.24, 2.45) is 0 Å². The second kappa shape index (κ2) is 6.47. The molecule has 0 bridgehead atoms. The van der Waals surface area contributed by atoms with Gasteiger partial charge in [0.25, 0.3) is 5.91 Å². The normalized spacial score (nSPS) is 10.6. The number of aromatic nitrogens is 3. The summed E-state index contributed by atoms with van der Waals surface area (Å²) in [5, 5.41) is 8.03. The van der Waals surface area contributed by atoms with Crippen LogP contribution in [0, 0.1) is 6.92 Å². The summed E-state index contributed by atoms with van der Waals surface area (Å²) in [7, 11) is 0. The fourth-order valence-electron chi connectivity index (χ4n) is 1.78. The van der Waals surface area contributed by atoms with Crippen LogP contribution in [0.4, 0.5) is 0 Å². The van der Waals surface area contributed by atoms with E-state index in [4.69, 9.17) is 0 Å². The molecule has 0 fully saturated rings. The maximum atomic E-state index is 12.0. The topological polar surface area (TPSA) is 59.8 Å². The van der Waals surface area contributed by atoms with Crippen LogP contribution in [-0.2, 0) is 13.0 Å². The average Bonchev–Trinajstić information content (AvgIpc) is 2.99. The molecule has 0 saturated heterocycles. The molecule has 0 spiro atoms. The van der Waals surface area contributed by atoms with Gasteiger partial charge in [0.2, 0.25) is 0 Å². The molecule has 0 unspecified atom stereocenters. The number of nitrogens with one attached hydrogen (secondary N) is 1. The summed E-state index contributed by atoms with van der Waals surface area (Å²) in [5.74, 6) is -0.0375. The third-order valence-corrected chi connectivity index (χ3v) is 3.91. The van der Waals surface area contributed by atoms with Crippen LogP contribution in [0.3, 0.4) is 0 Å². The number of carbonyl (C=O) groups excluding carboxylic acids is 1. The number of aryl methyl sites for hydroxylation is 2. The summed E-state index contributed by atoms with van der Waals surface area (Å²) in [6, 6.07) is 1.87. The molecule has 2 aromatic rings. The highest BCUT2D eigenvalue weighted by molar-refractivity contribution is 7.13. The fraction of sp³-hybridized carbons (Fsp3) is 0.462. The highest BCUT2D eigenvalue weighted by Crippen LogP contribution is 2.19. The van der Waals surface area contributed by atoms with Crippen molar-refractivity contribution in [1.82, 2.24) is 20.1 Å². The van der Waals surface area contributed by atoms with Crippen LogP contribution in [0.25, 0.3) is 0 Å². The molecule has 0 aromatic carbocycles. The molecule has 0 aliphatic rings. The van der Waals surface area contributed by atoms with E-state index in [1.165, 1.54) is 11.3 Å². The Morgan fingerprint density at radius 2 is 2.37 bits per heavy atom. The van der Waals surface area contributed by atoms with E-state index in [0.29, 0.717) is 13.1 Å². The molecule has 6 heteroatoms. The van der Waals surface area contributed by atoms with E-state index in [9.17, 15) is 4.79 Å². The molecule has 0 aliphatic carbocycles. The number of hydrogen-bond acceptors (Lipinski definition) is 4. The monoisotopic (exact) mass is 278 g/mol. The van der Waals surface area contributed by atoms with Gasteiger partial charge in [-0.05, 0) is 25.8 Å². The van der Waals surface area contributed by atoms with Crippen molar-refractivity contribution >= 4 is 17.2 Å². The number of carbonyl (C=O) groups is 1. The van der Waals surface area contributed by atoms with Gasteiger partial charge in [0.1, 0.15) is 4.88 Å². The minimum Gasteiger partial charge on any atom is -0.349 e. The molecule has 0 saturated carbocycles. The summed E-state index contributed by atoms with van der Waals surface area (Å²) in [5.41, 5.74) is 0.824. The van der Waals surface area contributed by atoms with Crippen LogP contribution >= 0.6 is 11.3 Å². The van der Waals surface area contributed by atoms with Gasteiger partial charge in [0.05, 0.1) is 17.2 Å². The standard InChI is InChI=1S/C13H18N4OS/c1-3-5-11-16-10(2)12(19-11)13(18)14-7-9-17-8-4-6-15-17/h4,6,8H,3,5,7,9H2,1-2H3,(H,14,18). The number of nitrogens with zero attached hydrogens (tertiary/aromatic N) is 3. The lowest BCUT2D eigenvalue weighted by Crippen LogP contribution is -2.27. The third kappa shape index (κ3) is 3.64. The van der Waals surface area contributed by atoms with Crippen molar-refractivity contribution in [3.63, 3.8) is 0 Å². The van der Waals surface area contributed by atoms with Gasteiger partial charge in [-0.1, -0.05) is 6.92 Å². The lowest BCUT2D eigenvalue weighted by atomic mass is 10.3. The first-order valence-corrected chi connectivity index (χ1v) is 7.24. The molecule has 0 radical (unpaired) electrons. The Bertz CT molecular complexity index is 533. The van der Waals surface area contributed by atoms with Gasteiger partial charge in [-0.25, -0.2) is 4.98 Å². The molecule has 5 nitrogen and oxygen atoms in total. The quantitative estimate of drug-likeness (QED) is 0.879. The van der Waals surface area contributed by atoms with Gasteiger partial charge >= 0.3 is 0 Å². The average molecular weight is 278 g/mol. The van der Waals surface area contributed by atoms with Crippen molar-refractivity contribution in [3.05, 3.63) is 34.0 Å². The van der Waals surface area contributed by atoms with Crippen molar-refractivity contribution in [3.8, 4) is 0 Å². The number of hydrogen-bond donors (Lipinski definition) is 1. The Labute approximate surface area is 116 Å². The minimum atomic E-state index is -0.0375. The summed E-state index contributed by atoms with van der Waals surface area (Å²) < 4.78 is 1.79. The zero-order valence-electron chi connectivity index (χ0n) is 11.2. The molecule has 2 aromatic heterocycles. The van der Waals surface area contributed by atoms with Gasteiger partial charge in [-0.2, -0.15) is 5.10 Å². The van der Waals surface area contributed by atoms with Crippen molar-refractivity contribution in [2.75, 3.05) is 6.54 Å². The Balaban J connectivity index is 1.88. The zero-order chi connectivity index (χ0) is 13.7. The lowest BCUT2D eigenvalue weighted by Gasteiger charge is -2.04. The van der Waals surface area contributed by atoms with Crippen molar-refractivity contribution in [1.29, 1.82) is 0 Å². The van der Waals surface area contributed by atoms with E-state index >= 15 is 0 Å². The molecular weight excluding hydrogens is 260 g/mol. The first kappa shape index (κ1) is 13.7. The van der Waals surface area contributed by atoms with Gasteiger partial charge in [-0.15, -0.1) is 11.3 Å². The van der Waals surface area contributed by atoms with Crippen molar-refractivity contribution in [2.45, 2.75) is 33.2 Å². The summed E-state index contributed by atoms with van der Waals surface area (Å²) in [4.78, 5) is 17.2. The highest BCUT2D eigenvalue weighted by atomic mass is 32.1. The lowest BCUT2D eigenvalue weighted by molar-refractivity contribution is 0.0955. The Kier molecular flexibility index (Phi) is 4.68. The van der Waals surface area contributed by atoms with Crippen LogP contribution in [-0.4, -0.2) is 27.2 Å². The predicted molar refractivity (Wildman–Crippen MR) is 75.4 cm³/mol. The van der Waals surface area contributed by atoms with E-state index in [1.807, 2.05) is 19.2 Å². The van der Waals surface area contributed by atoms with Crippen molar-refractivity contribution < 1.29 is 4.79 Å². The first-order chi connectivity index (χ1) is 9.20. The van der Waals surface area contributed by atoms with Gasteiger partial charge < -0.3 is 5.32 Å². The van der Waals surface area contributed by atoms with Crippen LogP contribution in [0.2, 0.25) is 0 Å². The third-order valence-electron chi connectivity index (χ3n) is 2.70. The fourth-order valence-corrected chi connectivity index (χ4v) is 2.86. The molecule has 0 aliphatic heterocycles. The number of thiazole rings is 1. The van der Waals surface area contributed by atoms with E-state index < -0.39 is 0 Å². The second-order valence-corrected chi connectivity index (χ2v) is 5.38. The summed E-state index contributed by atoms with van der Waals surface area (Å²) >= 11 is 1.49. The van der Waals surface area contributed by atoms with Gasteiger partial charge in [0.15, 0.2) is 0 Å². The summed E-state index contributed by atoms with van der Waals surface area (Å²) in [6.07, 6.45) is 5.59. The highest BCUT2D eigenvalue weighted by Gasteiger charge is 2.14. The molecule has 102 valence electrons. The summed E-state index contributed by atoms with van der Waals surface area (Å²) in [6.45, 7) is 5.25. The number of rotatable bonds is 6. The largest absolute Gasteiger partial charge is 0.349 e. The molecule has 2 rings (SSSR count). The molecular formula is C13H18N4OS. The minimum absolute atomic E-state index is 0.0375. The Morgan fingerprint density at radius 1 is 1.53 bits per heavy atom. The second-order valence-electron chi connectivity index (χ2n) is 4.30. The van der Waals surface area contributed by atoms with Crippen LogP contribution < -0.4 is 5.32 Å². The van der Waals surface area contributed by atoms with E-state index in [2.05, 4.69) is 22.3 Å². The first-order valence-electron chi connectivity index (χ1n) is 6.42. The maximum Gasteiger partial charge on any atom is 0.263 e. The maximum absolute atomic E-state index is 12.0. The van der Waals surface area contributed by atoms with Crippen LogP contribution in [0.1, 0.15) is 33.7 Å². The predicted octanol–water partition coefficient (Wildman–Crippen LogP) is 2.03. The zero-order valence-corrected chi connectivity index (χ0v) is 12.0. The molecule has 2 heterocycles. The molecule has 0 atom stereocenters. The SMILES string of the molecule is CCCc1nc(C)c(C(=O)NCCn2cccn2)s1. The Hall–Kier alpha value is -1.69.